The molecule has 0 aliphatic rings. The SMILES string of the molecule is CCCCC[n+]1ccn(C(C)C)c1C(C)C. The van der Waals surface area contributed by atoms with Gasteiger partial charge in [-0.25, -0.2) is 9.13 Å². The summed E-state index contributed by atoms with van der Waals surface area (Å²) < 4.78 is 4.83. The zero-order valence-electron chi connectivity index (χ0n) is 11.5. The summed E-state index contributed by atoms with van der Waals surface area (Å²) in [6.45, 7) is 12.5. The first-order valence-corrected chi connectivity index (χ1v) is 6.68. The van der Waals surface area contributed by atoms with Crippen LogP contribution in [0, 0.1) is 0 Å². The summed E-state index contributed by atoms with van der Waals surface area (Å²) in [5, 5.41) is 0. The van der Waals surface area contributed by atoms with Gasteiger partial charge in [-0.15, -0.1) is 0 Å². The molecular weight excluding hydrogens is 196 g/mol. The van der Waals surface area contributed by atoms with E-state index in [9.17, 15) is 0 Å². The lowest BCUT2D eigenvalue weighted by Gasteiger charge is -2.10. The van der Waals surface area contributed by atoms with Gasteiger partial charge in [0.1, 0.15) is 12.4 Å². The minimum Gasteiger partial charge on any atom is -0.234 e. The Labute approximate surface area is 100 Å². The van der Waals surface area contributed by atoms with Crippen molar-refractivity contribution < 1.29 is 4.57 Å². The van der Waals surface area contributed by atoms with Crippen molar-refractivity contribution >= 4 is 0 Å². The molecule has 1 rings (SSSR count). The molecule has 16 heavy (non-hydrogen) atoms. The van der Waals surface area contributed by atoms with E-state index in [-0.39, 0.29) is 0 Å². The van der Waals surface area contributed by atoms with Gasteiger partial charge < -0.3 is 0 Å². The molecule has 1 heterocycles. The molecule has 0 aliphatic carbocycles. The Morgan fingerprint density at radius 3 is 2.38 bits per heavy atom. The van der Waals surface area contributed by atoms with Gasteiger partial charge in [-0.2, -0.15) is 0 Å². The van der Waals surface area contributed by atoms with E-state index < -0.39 is 0 Å². The maximum Gasteiger partial charge on any atom is 0.259 e. The molecule has 0 amide bonds. The Morgan fingerprint density at radius 2 is 1.88 bits per heavy atom. The first-order chi connectivity index (χ1) is 7.57. The van der Waals surface area contributed by atoms with E-state index in [1.807, 2.05) is 0 Å². The van der Waals surface area contributed by atoms with Gasteiger partial charge in [-0.3, -0.25) is 0 Å². The van der Waals surface area contributed by atoms with Crippen LogP contribution >= 0.6 is 0 Å². The van der Waals surface area contributed by atoms with Crippen LogP contribution in [0.1, 0.15) is 71.7 Å². The van der Waals surface area contributed by atoms with Crippen molar-refractivity contribution in [3.05, 3.63) is 18.2 Å². The standard InChI is InChI=1S/C14H27N2/c1-6-7-8-9-15-10-11-16(13(4)5)14(15)12(2)3/h10-13H,6-9H2,1-5H3/q+1. The van der Waals surface area contributed by atoms with E-state index >= 15 is 0 Å². The highest BCUT2D eigenvalue weighted by Crippen LogP contribution is 2.15. The van der Waals surface area contributed by atoms with Gasteiger partial charge in [0.05, 0.1) is 18.5 Å². The second-order valence-electron chi connectivity index (χ2n) is 5.21. The monoisotopic (exact) mass is 223 g/mol. The quantitative estimate of drug-likeness (QED) is 0.514. The number of nitrogens with zero attached hydrogens (tertiary/aromatic N) is 2. The second-order valence-corrected chi connectivity index (χ2v) is 5.21. The Bertz CT molecular complexity index is 311. The van der Waals surface area contributed by atoms with E-state index in [0.29, 0.717) is 12.0 Å². The van der Waals surface area contributed by atoms with E-state index in [1.165, 1.54) is 31.6 Å². The fraction of sp³-hybridized carbons (Fsp3) is 0.786. The van der Waals surface area contributed by atoms with Crippen molar-refractivity contribution in [2.24, 2.45) is 0 Å². The molecule has 0 atom stereocenters. The number of rotatable bonds is 6. The Hall–Kier alpha value is -0.790. The van der Waals surface area contributed by atoms with Crippen molar-refractivity contribution in [2.45, 2.75) is 72.4 Å². The lowest BCUT2D eigenvalue weighted by molar-refractivity contribution is -0.705. The third kappa shape index (κ3) is 3.10. The molecule has 92 valence electrons. The van der Waals surface area contributed by atoms with Gasteiger partial charge in [0.15, 0.2) is 0 Å². The summed E-state index contributed by atoms with van der Waals surface area (Å²) in [5.74, 6) is 2.06. The minimum atomic E-state index is 0.560. The van der Waals surface area contributed by atoms with Crippen molar-refractivity contribution in [1.29, 1.82) is 0 Å². The predicted molar refractivity (Wildman–Crippen MR) is 68.6 cm³/mol. The Morgan fingerprint density at radius 1 is 1.19 bits per heavy atom. The number of aryl methyl sites for hydroxylation is 1. The van der Waals surface area contributed by atoms with Crippen LogP contribution in [0.25, 0.3) is 0 Å². The maximum absolute atomic E-state index is 2.43. The molecule has 2 nitrogen and oxygen atoms in total. The summed E-state index contributed by atoms with van der Waals surface area (Å²) in [7, 11) is 0. The van der Waals surface area contributed by atoms with E-state index in [1.54, 1.807) is 0 Å². The first kappa shape index (κ1) is 13.3. The number of hydrogen-bond donors (Lipinski definition) is 0. The van der Waals surface area contributed by atoms with Crippen molar-refractivity contribution in [1.82, 2.24) is 4.57 Å². The Balaban J connectivity index is 2.83. The number of hydrogen-bond acceptors (Lipinski definition) is 0. The highest BCUT2D eigenvalue weighted by atomic mass is 15.2. The summed E-state index contributed by atoms with van der Waals surface area (Å²) >= 11 is 0. The maximum atomic E-state index is 2.43. The first-order valence-electron chi connectivity index (χ1n) is 6.68. The van der Waals surface area contributed by atoms with Crippen LogP contribution < -0.4 is 4.57 Å². The highest BCUT2D eigenvalue weighted by molar-refractivity contribution is 4.91. The largest absolute Gasteiger partial charge is 0.259 e. The average Bonchev–Trinajstić information content (AvgIpc) is 2.62. The van der Waals surface area contributed by atoms with Crippen LogP contribution in [0.4, 0.5) is 0 Å². The van der Waals surface area contributed by atoms with Gasteiger partial charge >= 0.3 is 0 Å². The molecule has 0 saturated carbocycles. The molecular formula is C14H27N2+. The van der Waals surface area contributed by atoms with Crippen molar-refractivity contribution in [3.8, 4) is 0 Å². The molecule has 0 aromatic carbocycles. The molecule has 0 aliphatic heterocycles. The van der Waals surface area contributed by atoms with Crippen LogP contribution in [-0.2, 0) is 6.54 Å². The number of unbranched alkanes of at least 4 members (excludes halogenated alkanes) is 2. The smallest absolute Gasteiger partial charge is 0.234 e. The number of aromatic nitrogens is 2. The van der Waals surface area contributed by atoms with Crippen LogP contribution in [0.3, 0.4) is 0 Å². The lowest BCUT2D eigenvalue weighted by Crippen LogP contribution is -2.38. The molecule has 0 fully saturated rings. The minimum absolute atomic E-state index is 0.560. The molecule has 0 N–H and O–H groups in total. The van der Waals surface area contributed by atoms with Crippen LogP contribution in [-0.4, -0.2) is 4.57 Å². The third-order valence-electron chi connectivity index (χ3n) is 3.04. The zero-order chi connectivity index (χ0) is 12.1. The second kappa shape index (κ2) is 6.07. The van der Waals surface area contributed by atoms with Crippen molar-refractivity contribution in [2.75, 3.05) is 0 Å². The Kier molecular flexibility index (Phi) is 5.04. The van der Waals surface area contributed by atoms with Gasteiger partial charge in [0.25, 0.3) is 5.82 Å². The van der Waals surface area contributed by atoms with Crippen molar-refractivity contribution in [3.63, 3.8) is 0 Å². The van der Waals surface area contributed by atoms with Gasteiger partial charge in [-0.1, -0.05) is 27.2 Å². The molecule has 2 heteroatoms. The summed E-state index contributed by atoms with van der Waals surface area (Å²) in [6.07, 6.45) is 8.39. The lowest BCUT2D eigenvalue weighted by atomic mass is 10.2. The van der Waals surface area contributed by atoms with Gasteiger partial charge in [0, 0.05) is 0 Å². The number of imidazole rings is 1. The molecule has 1 aromatic rings. The molecule has 0 unspecified atom stereocenters. The van der Waals surface area contributed by atoms with Crippen LogP contribution in [0.2, 0.25) is 0 Å². The zero-order valence-corrected chi connectivity index (χ0v) is 11.5. The summed E-state index contributed by atoms with van der Waals surface area (Å²) in [4.78, 5) is 0. The summed E-state index contributed by atoms with van der Waals surface area (Å²) in [5.41, 5.74) is 0. The highest BCUT2D eigenvalue weighted by Gasteiger charge is 2.21. The summed E-state index contributed by atoms with van der Waals surface area (Å²) in [6, 6.07) is 0.560. The fourth-order valence-corrected chi connectivity index (χ4v) is 2.24. The molecule has 1 aromatic heterocycles. The van der Waals surface area contributed by atoms with E-state index in [0.717, 1.165) is 0 Å². The van der Waals surface area contributed by atoms with E-state index in [4.69, 9.17) is 0 Å². The molecule has 0 bridgehead atoms. The van der Waals surface area contributed by atoms with Gasteiger partial charge in [-0.05, 0) is 26.7 Å². The fourth-order valence-electron chi connectivity index (χ4n) is 2.24. The predicted octanol–water partition coefficient (Wildman–Crippen LogP) is 3.67. The van der Waals surface area contributed by atoms with Gasteiger partial charge in [0.2, 0.25) is 0 Å². The van der Waals surface area contributed by atoms with E-state index in [2.05, 4.69) is 56.1 Å². The average molecular weight is 223 g/mol. The van der Waals surface area contributed by atoms with Crippen LogP contribution in [0.15, 0.2) is 12.4 Å². The molecule has 0 radical (unpaired) electrons. The normalized spacial score (nSPS) is 11.7. The molecule has 0 saturated heterocycles. The molecule has 0 spiro atoms. The topological polar surface area (TPSA) is 8.81 Å². The van der Waals surface area contributed by atoms with Crippen LogP contribution in [0.5, 0.6) is 0 Å². The third-order valence-corrected chi connectivity index (χ3v) is 3.04.